The van der Waals surface area contributed by atoms with Crippen LogP contribution in [0.4, 0.5) is 0 Å². The summed E-state index contributed by atoms with van der Waals surface area (Å²) < 4.78 is 5.95. The molecule has 0 heterocycles. The van der Waals surface area contributed by atoms with E-state index in [0.29, 0.717) is 24.2 Å². The van der Waals surface area contributed by atoms with Gasteiger partial charge in [-0.3, -0.25) is 9.79 Å². The van der Waals surface area contributed by atoms with Crippen molar-refractivity contribution in [1.29, 1.82) is 0 Å². The first-order valence-corrected chi connectivity index (χ1v) is 13.3. The number of carbonyl (C=O) groups excluding carboxylic acids is 1. The second-order valence-corrected chi connectivity index (χ2v) is 12.2. The van der Waals surface area contributed by atoms with Crippen LogP contribution in [-0.2, 0) is 14.3 Å². The van der Waals surface area contributed by atoms with Gasteiger partial charge in [0.15, 0.2) is 0 Å². The average molecular weight is 456 g/mol. The van der Waals surface area contributed by atoms with E-state index < -0.39 is 22.2 Å². The van der Waals surface area contributed by atoms with Gasteiger partial charge in [0.25, 0.3) is 0 Å². The molecule has 0 radical (unpaired) electrons. The van der Waals surface area contributed by atoms with Crippen molar-refractivity contribution >= 4 is 18.5 Å². The number of hydrogen-bond acceptors (Lipinski definition) is 4. The zero-order valence-electron chi connectivity index (χ0n) is 20.6. The Labute approximate surface area is 198 Å². The number of aliphatic carboxylic acids is 1. The standard InChI is InChI=1S/C28H41NO4/c1-18(2)24-11-21-12-27(16-30)23-10-9-19(3)22(23)13-26(21,28(24,27)25(31)32)15-29-17-33-14-20-7-5-4-6-8-20/h11,15-16,18-23H,4-10,12-14,17H2,1-3H3,(H,31,32)/b29-15+. The minimum absolute atomic E-state index is 0.0658. The maximum Gasteiger partial charge on any atom is 0.315 e. The Bertz CT molecular complexity index is 858. The predicted octanol–water partition coefficient (Wildman–Crippen LogP) is 5.54. The van der Waals surface area contributed by atoms with Gasteiger partial charge in [-0.15, -0.1) is 0 Å². The molecule has 0 amide bonds. The van der Waals surface area contributed by atoms with Crippen LogP contribution in [0, 0.1) is 51.8 Å². The molecule has 5 aliphatic rings. The molecule has 0 aromatic heterocycles. The number of aldehydes is 1. The Morgan fingerprint density at radius 2 is 1.94 bits per heavy atom. The molecule has 33 heavy (non-hydrogen) atoms. The van der Waals surface area contributed by atoms with E-state index in [-0.39, 0.29) is 24.5 Å². The van der Waals surface area contributed by atoms with Crippen LogP contribution < -0.4 is 0 Å². The highest BCUT2D eigenvalue weighted by Gasteiger charge is 2.84. The lowest BCUT2D eigenvalue weighted by Crippen LogP contribution is -2.63. The molecule has 182 valence electrons. The molecular formula is C28H41NO4. The van der Waals surface area contributed by atoms with Gasteiger partial charge < -0.3 is 14.6 Å². The van der Waals surface area contributed by atoms with E-state index in [1.165, 1.54) is 32.1 Å². The largest absolute Gasteiger partial charge is 0.481 e. The van der Waals surface area contributed by atoms with Crippen molar-refractivity contribution in [2.24, 2.45) is 56.7 Å². The van der Waals surface area contributed by atoms with Gasteiger partial charge in [0.1, 0.15) is 18.4 Å². The Morgan fingerprint density at radius 1 is 1.18 bits per heavy atom. The van der Waals surface area contributed by atoms with Gasteiger partial charge in [-0.2, -0.15) is 0 Å². The maximum absolute atomic E-state index is 13.4. The van der Waals surface area contributed by atoms with Crippen LogP contribution >= 0.6 is 0 Å². The number of carboxylic acids is 1. The number of hydrogen-bond donors (Lipinski definition) is 1. The molecule has 0 aliphatic heterocycles. The first kappa shape index (κ1) is 23.3. The third-order valence-electron chi connectivity index (χ3n) is 10.6. The van der Waals surface area contributed by atoms with Crippen LogP contribution in [0.3, 0.4) is 0 Å². The fraction of sp³-hybridized carbons (Fsp3) is 0.821. The zero-order chi connectivity index (χ0) is 23.4. The van der Waals surface area contributed by atoms with Gasteiger partial charge in [-0.05, 0) is 67.6 Å². The van der Waals surface area contributed by atoms with Gasteiger partial charge in [0.2, 0.25) is 0 Å². The number of carboxylic acid groups (broad SMARTS) is 1. The van der Waals surface area contributed by atoms with E-state index in [4.69, 9.17) is 9.73 Å². The summed E-state index contributed by atoms with van der Waals surface area (Å²) in [5.74, 6) is 1.05. The van der Waals surface area contributed by atoms with Crippen molar-refractivity contribution in [3.8, 4) is 0 Å². The summed E-state index contributed by atoms with van der Waals surface area (Å²) >= 11 is 0. The highest BCUT2D eigenvalue weighted by Crippen LogP contribution is 2.82. The van der Waals surface area contributed by atoms with Crippen LogP contribution in [0.25, 0.3) is 0 Å². The molecule has 0 aromatic carbocycles. The van der Waals surface area contributed by atoms with Gasteiger partial charge in [-0.1, -0.05) is 58.1 Å². The lowest BCUT2D eigenvalue weighted by Gasteiger charge is -2.57. The minimum atomic E-state index is -1.17. The molecule has 0 saturated heterocycles. The Kier molecular flexibility index (Phi) is 5.86. The highest BCUT2D eigenvalue weighted by molar-refractivity contribution is 5.96. The molecule has 0 spiro atoms. The van der Waals surface area contributed by atoms with Gasteiger partial charge in [-0.25, -0.2) is 0 Å². The van der Waals surface area contributed by atoms with E-state index in [0.717, 1.165) is 37.7 Å². The molecule has 5 aliphatic carbocycles. The maximum atomic E-state index is 13.4. The molecular weight excluding hydrogens is 414 g/mol. The molecule has 7 unspecified atom stereocenters. The smallest absolute Gasteiger partial charge is 0.315 e. The van der Waals surface area contributed by atoms with Crippen LogP contribution in [0.5, 0.6) is 0 Å². The van der Waals surface area contributed by atoms with Gasteiger partial charge >= 0.3 is 5.97 Å². The van der Waals surface area contributed by atoms with Gasteiger partial charge in [0, 0.05) is 11.6 Å². The molecule has 1 N–H and O–H groups in total. The quantitative estimate of drug-likeness (QED) is 0.226. The van der Waals surface area contributed by atoms with Crippen molar-refractivity contribution in [1.82, 2.24) is 0 Å². The average Bonchev–Trinajstić information content (AvgIpc) is 3.37. The summed E-state index contributed by atoms with van der Waals surface area (Å²) in [5, 5.41) is 10.9. The van der Waals surface area contributed by atoms with Crippen molar-refractivity contribution in [3.05, 3.63) is 11.6 Å². The molecule has 5 rings (SSSR count). The van der Waals surface area contributed by atoms with E-state index in [1.54, 1.807) is 0 Å². The summed E-state index contributed by atoms with van der Waals surface area (Å²) in [6.45, 7) is 7.48. The molecule has 7 atom stereocenters. The van der Waals surface area contributed by atoms with Crippen molar-refractivity contribution in [3.63, 3.8) is 0 Å². The molecule has 4 fully saturated rings. The van der Waals surface area contributed by atoms with E-state index in [9.17, 15) is 14.7 Å². The van der Waals surface area contributed by atoms with Crippen molar-refractivity contribution in [2.45, 2.75) is 78.6 Å². The number of carbonyl (C=O) groups is 2. The van der Waals surface area contributed by atoms with Crippen LogP contribution in [0.1, 0.15) is 78.6 Å². The van der Waals surface area contributed by atoms with Crippen molar-refractivity contribution in [2.75, 3.05) is 13.3 Å². The third kappa shape index (κ3) is 2.96. The Morgan fingerprint density at radius 3 is 2.61 bits per heavy atom. The van der Waals surface area contributed by atoms with Crippen LogP contribution in [-0.4, -0.2) is 36.9 Å². The van der Waals surface area contributed by atoms with E-state index in [2.05, 4.69) is 26.8 Å². The number of nitrogens with zero attached hydrogens (tertiary/aromatic N) is 1. The first-order chi connectivity index (χ1) is 15.8. The highest BCUT2D eigenvalue weighted by atomic mass is 16.5. The number of rotatable bonds is 8. The summed E-state index contributed by atoms with van der Waals surface area (Å²) in [6, 6.07) is 0. The molecule has 4 saturated carbocycles. The van der Waals surface area contributed by atoms with Gasteiger partial charge in [0.05, 0.1) is 12.0 Å². The summed E-state index contributed by atoms with van der Waals surface area (Å²) in [4.78, 5) is 31.1. The normalized spacial score (nSPS) is 44.4. The first-order valence-electron chi connectivity index (χ1n) is 13.3. The monoisotopic (exact) mass is 455 g/mol. The summed E-state index contributed by atoms with van der Waals surface area (Å²) in [7, 11) is 0. The van der Waals surface area contributed by atoms with E-state index in [1.807, 2.05) is 6.21 Å². The molecule has 5 heteroatoms. The topological polar surface area (TPSA) is 76.0 Å². The lowest BCUT2D eigenvalue weighted by atomic mass is 9.43. The van der Waals surface area contributed by atoms with Crippen LogP contribution in [0.15, 0.2) is 16.6 Å². The Hall–Kier alpha value is -1.49. The van der Waals surface area contributed by atoms with E-state index >= 15 is 0 Å². The fourth-order valence-electron chi connectivity index (χ4n) is 9.31. The number of fused-ring (bicyclic) bond motifs is 2. The Balaban J connectivity index is 1.49. The minimum Gasteiger partial charge on any atom is -0.481 e. The molecule has 4 bridgehead atoms. The van der Waals surface area contributed by atoms with Crippen LogP contribution in [0.2, 0.25) is 0 Å². The molecule has 5 nitrogen and oxygen atoms in total. The molecule has 0 aromatic rings. The fourth-order valence-corrected chi connectivity index (χ4v) is 9.31. The zero-order valence-corrected chi connectivity index (χ0v) is 20.6. The summed E-state index contributed by atoms with van der Waals surface area (Å²) in [5.41, 5.74) is -1.64. The second kappa shape index (κ2) is 8.32. The number of aliphatic imine (C=N–C) groups is 1. The SMILES string of the molecule is CC(C)C1=CC2CC3(C=O)C4CCC(C)C4CC2(/C=N/COCC2CCCCC2)C13C(=O)O. The predicted molar refractivity (Wildman–Crippen MR) is 128 cm³/mol. The van der Waals surface area contributed by atoms with Crippen molar-refractivity contribution < 1.29 is 19.4 Å². The lowest BCUT2D eigenvalue weighted by molar-refractivity contribution is -0.173. The second-order valence-electron chi connectivity index (χ2n) is 12.2. The number of allylic oxidation sites excluding steroid dienone is 1. The summed E-state index contributed by atoms with van der Waals surface area (Å²) in [6.07, 6.45) is 15.2. The third-order valence-corrected chi connectivity index (χ3v) is 10.6. The number of ether oxygens (including phenoxy) is 1.